The highest BCUT2D eigenvalue weighted by Gasteiger charge is 2.32. The zero-order chi connectivity index (χ0) is 12.7. The third-order valence-electron chi connectivity index (χ3n) is 3.61. The minimum atomic E-state index is 0.103. The minimum absolute atomic E-state index is 0.103. The third-order valence-corrected chi connectivity index (χ3v) is 3.61. The molecule has 0 unspecified atom stereocenters. The molecule has 0 bridgehead atoms. The van der Waals surface area contributed by atoms with Gasteiger partial charge in [0.1, 0.15) is 0 Å². The van der Waals surface area contributed by atoms with Crippen LogP contribution in [0, 0.1) is 0 Å². The van der Waals surface area contributed by atoms with Crippen LogP contribution in [0.5, 0.6) is 0 Å². The number of nitrogens with zero attached hydrogens (tertiary/aromatic N) is 1. The maximum atomic E-state index is 5.95. The monoisotopic (exact) mass is 242 g/mol. The summed E-state index contributed by atoms with van der Waals surface area (Å²) in [5.41, 5.74) is 0.103. The zero-order valence-electron chi connectivity index (χ0n) is 12.1. The fraction of sp³-hybridized carbons (Fsp3) is 1.00. The fourth-order valence-corrected chi connectivity index (χ4v) is 2.18. The molecule has 0 aromatic carbocycles. The van der Waals surface area contributed by atoms with Crippen molar-refractivity contribution in [3.05, 3.63) is 0 Å². The molecule has 0 amide bonds. The molecular weight excluding hydrogens is 212 g/mol. The van der Waals surface area contributed by atoms with E-state index < -0.39 is 0 Å². The summed E-state index contributed by atoms with van der Waals surface area (Å²) in [5.74, 6) is 0. The zero-order valence-corrected chi connectivity index (χ0v) is 12.1. The first kappa shape index (κ1) is 14.9. The standard InChI is InChI=1S/C14H30N2O/c1-5-6-7-8-16(13(2)3)9-10-17-14(4)11-15-12-14/h13,15H,5-12H2,1-4H3. The largest absolute Gasteiger partial charge is 0.371 e. The molecule has 1 saturated heterocycles. The van der Waals surface area contributed by atoms with E-state index in [1.54, 1.807) is 0 Å². The van der Waals surface area contributed by atoms with E-state index in [9.17, 15) is 0 Å². The van der Waals surface area contributed by atoms with E-state index in [4.69, 9.17) is 4.74 Å². The van der Waals surface area contributed by atoms with Crippen LogP contribution in [-0.2, 0) is 4.74 Å². The lowest BCUT2D eigenvalue weighted by Gasteiger charge is -2.40. The van der Waals surface area contributed by atoms with Crippen molar-refractivity contribution in [1.29, 1.82) is 0 Å². The van der Waals surface area contributed by atoms with E-state index in [0.717, 1.165) is 26.2 Å². The second-order valence-electron chi connectivity index (χ2n) is 5.74. The maximum Gasteiger partial charge on any atom is 0.0902 e. The van der Waals surface area contributed by atoms with E-state index in [2.05, 4.69) is 37.9 Å². The molecule has 3 heteroatoms. The van der Waals surface area contributed by atoms with Crippen LogP contribution in [0.25, 0.3) is 0 Å². The number of hydrogen-bond acceptors (Lipinski definition) is 3. The van der Waals surface area contributed by atoms with Gasteiger partial charge < -0.3 is 10.1 Å². The van der Waals surface area contributed by atoms with E-state index in [1.165, 1.54) is 25.8 Å². The van der Waals surface area contributed by atoms with Crippen LogP contribution in [-0.4, -0.2) is 49.3 Å². The summed E-state index contributed by atoms with van der Waals surface area (Å²) in [4.78, 5) is 2.53. The molecule has 1 rings (SSSR count). The Morgan fingerprint density at radius 2 is 1.94 bits per heavy atom. The molecule has 1 aliphatic rings. The van der Waals surface area contributed by atoms with Gasteiger partial charge in [-0.15, -0.1) is 0 Å². The van der Waals surface area contributed by atoms with Gasteiger partial charge in [0, 0.05) is 25.7 Å². The molecule has 1 fully saturated rings. The second-order valence-corrected chi connectivity index (χ2v) is 5.74. The van der Waals surface area contributed by atoms with Gasteiger partial charge in [-0.1, -0.05) is 19.8 Å². The number of unbranched alkanes of at least 4 members (excludes halogenated alkanes) is 2. The molecule has 1 aliphatic heterocycles. The molecule has 0 spiro atoms. The number of ether oxygens (including phenoxy) is 1. The van der Waals surface area contributed by atoms with Crippen molar-refractivity contribution < 1.29 is 4.74 Å². The highest BCUT2D eigenvalue weighted by molar-refractivity contribution is 4.90. The van der Waals surface area contributed by atoms with Gasteiger partial charge in [-0.25, -0.2) is 0 Å². The Labute approximate surface area is 107 Å². The first-order valence-electron chi connectivity index (χ1n) is 7.16. The molecule has 0 saturated carbocycles. The number of rotatable bonds is 9. The minimum Gasteiger partial charge on any atom is -0.371 e. The molecule has 102 valence electrons. The van der Waals surface area contributed by atoms with E-state index >= 15 is 0 Å². The topological polar surface area (TPSA) is 24.5 Å². The smallest absolute Gasteiger partial charge is 0.0902 e. The van der Waals surface area contributed by atoms with Crippen LogP contribution in [0.4, 0.5) is 0 Å². The third kappa shape index (κ3) is 5.36. The van der Waals surface area contributed by atoms with Crippen molar-refractivity contribution in [2.75, 3.05) is 32.8 Å². The van der Waals surface area contributed by atoms with Crippen molar-refractivity contribution in [2.45, 2.75) is 58.6 Å². The van der Waals surface area contributed by atoms with E-state index in [0.29, 0.717) is 6.04 Å². The van der Waals surface area contributed by atoms with E-state index in [-0.39, 0.29) is 5.60 Å². The molecule has 1 N–H and O–H groups in total. The van der Waals surface area contributed by atoms with Gasteiger partial charge in [0.2, 0.25) is 0 Å². The first-order valence-corrected chi connectivity index (χ1v) is 7.16. The SMILES string of the molecule is CCCCCN(CCOC1(C)CNC1)C(C)C. The van der Waals surface area contributed by atoms with Crippen molar-refractivity contribution in [2.24, 2.45) is 0 Å². The summed E-state index contributed by atoms with van der Waals surface area (Å²) < 4.78 is 5.95. The highest BCUT2D eigenvalue weighted by atomic mass is 16.5. The molecule has 0 aromatic heterocycles. The van der Waals surface area contributed by atoms with Crippen LogP contribution in [0.1, 0.15) is 47.0 Å². The Morgan fingerprint density at radius 1 is 1.24 bits per heavy atom. The Morgan fingerprint density at radius 3 is 2.41 bits per heavy atom. The average Bonchev–Trinajstić information content (AvgIpc) is 2.24. The van der Waals surface area contributed by atoms with Crippen molar-refractivity contribution >= 4 is 0 Å². The second kappa shape index (κ2) is 7.34. The summed E-state index contributed by atoms with van der Waals surface area (Å²) in [6.45, 7) is 14.2. The highest BCUT2D eigenvalue weighted by Crippen LogP contribution is 2.15. The average molecular weight is 242 g/mol. The first-order chi connectivity index (χ1) is 8.07. The van der Waals surface area contributed by atoms with Crippen LogP contribution in [0.2, 0.25) is 0 Å². The van der Waals surface area contributed by atoms with Crippen LogP contribution in [0.15, 0.2) is 0 Å². The number of hydrogen-bond donors (Lipinski definition) is 1. The quantitative estimate of drug-likeness (QED) is 0.628. The molecule has 17 heavy (non-hydrogen) atoms. The van der Waals surface area contributed by atoms with Gasteiger partial charge in [0.25, 0.3) is 0 Å². The Hall–Kier alpha value is -0.120. The van der Waals surface area contributed by atoms with Crippen molar-refractivity contribution in [3.63, 3.8) is 0 Å². The predicted octanol–water partition coefficient (Wildman–Crippen LogP) is 2.27. The van der Waals surface area contributed by atoms with E-state index in [1.807, 2.05) is 0 Å². The van der Waals surface area contributed by atoms with Gasteiger partial charge in [-0.2, -0.15) is 0 Å². The lowest BCUT2D eigenvalue weighted by Crippen LogP contribution is -2.59. The van der Waals surface area contributed by atoms with Crippen molar-refractivity contribution in [1.82, 2.24) is 10.2 Å². The normalized spacial score (nSPS) is 18.7. The van der Waals surface area contributed by atoms with Crippen LogP contribution >= 0.6 is 0 Å². The lowest BCUT2D eigenvalue weighted by molar-refractivity contribution is -0.0738. The summed E-state index contributed by atoms with van der Waals surface area (Å²) >= 11 is 0. The number of nitrogens with one attached hydrogen (secondary N) is 1. The lowest BCUT2D eigenvalue weighted by atomic mass is 10.0. The summed E-state index contributed by atoms with van der Waals surface area (Å²) in [5, 5.41) is 3.27. The fourth-order valence-electron chi connectivity index (χ4n) is 2.18. The summed E-state index contributed by atoms with van der Waals surface area (Å²) in [7, 11) is 0. The maximum absolute atomic E-state index is 5.95. The van der Waals surface area contributed by atoms with Gasteiger partial charge in [-0.05, 0) is 33.7 Å². The predicted molar refractivity (Wildman–Crippen MR) is 73.5 cm³/mol. The van der Waals surface area contributed by atoms with Crippen LogP contribution < -0.4 is 5.32 Å². The summed E-state index contributed by atoms with van der Waals surface area (Å²) in [6, 6.07) is 0.628. The molecule has 0 atom stereocenters. The molecule has 0 radical (unpaired) electrons. The molecule has 1 heterocycles. The summed E-state index contributed by atoms with van der Waals surface area (Å²) in [6.07, 6.45) is 3.95. The van der Waals surface area contributed by atoms with Gasteiger partial charge in [0.05, 0.1) is 12.2 Å². The van der Waals surface area contributed by atoms with Gasteiger partial charge >= 0.3 is 0 Å². The van der Waals surface area contributed by atoms with Crippen molar-refractivity contribution in [3.8, 4) is 0 Å². The molecule has 3 nitrogen and oxygen atoms in total. The molecule has 0 aliphatic carbocycles. The molecule has 0 aromatic rings. The van der Waals surface area contributed by atoms with Gasteiger partial charge in [-0.3, -0.25) is 4.90 Å². The van der Waals surface area contributed by atoms with Gasteiger partial charge in [0.15, 0.2) is 0 Å². The van der Waals surface area contributed by atoms with Crippen LogP contribution in [0.3, 0.4) is 0 Å². The Kier molecular flexibility index (Phi) is 6.45. The Bertz CT molecular complexity index is 202. The Balaban J connectivity index is 2.14. The molecular formula is C14H30N2O.